The normalized spacial score (nSPS) is 32.8. The van der Waals surface area contributed by atoms with E-state index in [1.54, 1.807) is 13.0 Å². The standard InChI is InChI=1S/C11H13N3O4S/c1-11(10(17)18)4-14-8(16)7(9(14)19-5-11)13-6(15)2-3-12/h7,9H,2,4-5H2,1H3,(H,13,15)(H,17,18)/t7?,9-,11?/m1/s1. The van der Waals surface area contributed by atoms with Crippen LogP contribution in [0.15, 0.2) is 0 Å². The van der Waals surface area contributed by atoms with Gasteiger partial charge in [0.2, 0.25) is 11.8 Å². The van der Waals surface area contributed by atoms with Crippen molar-refractivity contribution in [3.8, 4) is 6.07 Å². The van der Waals surface area contributed by atoms with Crippen molar-refractivity contribution in [2.24, 2.45) is 5.41 Å². The smallest absolute Gasteiger partial charge is 0.312 e. The van der Waals surface area contributed by atoms with Crippen molar-refractivity contribution in [1.82, 2.24) is 10.2 Å². The maximum atomic E-state index is 11.9. The molecular formula is C11H13N3O4S. The first-order valence-electron chi connectivity index (χ1n) is 5.71. The van der Waals surface area contributed by atoms with E-state index in [1.165, 1.54) is 16.7 Å². The highest BCUT2D eigenvalue weighted by Gasteiger charge is 2.55. The summed E-state index contributed by atoms with van der Waals surface area (Å²) in [6.45, 7) is 1.76. The van der Waals surface area contributed by atoms with Crippen LogP contribution in [0.25, 0.3) is 0 Å². The molecule has 0 aromatic rings. The van der Waals surface area contributed by atoms with Crippen LogP contribution in [0.3, 0.4) is 0 Å². The summed E-state index contributed by atoms with van der Waals surface area (Å²) in [5.41, 5.74) is -0.946. The highest BCUT2D eigenvalue weighted by molar-refractivity contribution is 8.00. The molecule has 0 aromatic carbocycles. The van der Waals surface area contributed by atoms with Crippen molar-refractivity contribution in [3.05, 3.63) is 0 Å². The zero-order valence-electron chi connectivity index (χ0n) is 10.3. The van der Waals surface area contributed by atoms with Gasteiger partial charge >= 0.3 is 5.97 Å². The molecule has 2 saturated heterocycles. The SMILES string of the molecule is CC1(C(=O)O)CS[C@@H]2C(NC(=O)CC#N)C(=O)N2C1. The van der Waals surface area contributed by atoms with Crippen molar-refractivity contribution in [2.75, 3.05) is 12.3 Å². The molecule has 0 aliphatic carbocycles. The Morgan fingerprint density at radius 2 is 2.37 bits per heavy atom. The minimum Gasteiger partial charge on any atom is -0.481 e. The molecule has 0 bridgehead atoms. The lowest BCUT2D eigenvalue weighted by Gasteiger charge is -2.53. The monoisotopic (exact) mass is 283 g/mol. The molecule has 102 valence electrons. The van der Waals surface area contributed by atoms with Gasteiger partial charge in [-0.25, -0.2) is 0 Å². The lowest BCUT2D eigenvalue weighted by Crippen LogP contribution is -2.73. The molecule has 2 aliphatic heterocycles. The maximum absolute atomic E-state index is 11.9. The van der Waals surface area contributed by atoms with Gasteiger partial charge in [-0.15, -0.1) is 11.8 Å². The molecular weight excluding hydrogens is 270 g/mol. The van der Waals surface area contributed by atoms with Crippen LogP contribution in [0.1, 0.15) is 13.3 Å². The number of amides is 2. The van der Waals surface area contributed by atoms with E-state index < -0.39 is 23.3 Å². The molecule has 8 heteroatoms. The van der Waals surface area contributed by atoms with Crippen LogP contribution in [-0.4, -0.2) is 51.5 Å². The maximum Gasteiger partial charge on any atom is 0.312 e. The molecule has 0 aromatic heterocycles. The fourth-order valence-electron chi connectivity index (χ4n) is 2.13. The summed E-state index contributed by atoms with van der Waals surface area (Å²) < 4.78 is 0. The average Bonchev–Trinajstić information content (AvgIpc) is 2.36. The highest BCUT2D eigenvalue weighted by Crippen LogP contribution is 2.41. The number of nitrogens with zero attached hydrogens (tertiary/aromatic N) is 2. The average molecular weight is 283 g/mol. The number of nitriles is 1. The van der Waals surface area contributed by atoms with E-state index in [4.69, 9.17) is 10.4 Å². The molecule has 2 N–H and O–H groups in total. The summed E-state index contributed by atoms with van der Waals surface area (Å²) in [5.74, 6) is -1.30. The predicted molar refractivity (Wildman–Crippen MR) is 65.9 cm³/mol. The predicted octanol–water partition coefficient (Wildman–Crippen LogP) is -0.609. The molecule has 3 atom stereocenters. The van der Waals surface area contributed by atoms with Crippen LogP contribution in [0, 0.1) is 16.7 Å². The van der Waals surface area contributed by atoms with E-state index in [0.29, 0.717) is 5.75 Å². The lowest BCUT2D eigenvalue weighted by molar-refractivity contribution is -0.157. The van der Waals surface area contributed by atoms with Crippen molar-refractivity contribution in [2.45, 2.75) is 24.8 Å². The Bertz CT molecular complexity index is 489. The summed E-state index contributed by atoms with van der Waals surface area (Å²) in [4.78, 5) is 35.8. The highest BCUT2D eigenvalue weighted by atomic mass is 32.2. The molecule has 2 rings (SSSR count). The Morgan fingerprint density at radius 1 is 1.68 bits per heavy atom. The van der Waals surface area contributed by atoms with Gasteiger partial charge in [-0.05, 0) is 6.92 Å². The Hall–Kier alpha value is -1.75. The molecule has 2 amide bonds. The summed E-state index contributed by atoms with van der Waals surface area (Å²) in [6, 6.07) is 1.08. The topological polar surface area (TPSA) is 110 Å². The van der Waals surface area contributed by atoms with Crippen molar-refractivity contribution in [3.63, 3.8) is 0 Å². The van der Waals surface area contributed by atoms with Crippen LogP contribution in [0.4, 0.5) is 0 Å². The first kappa shape index (κ1) is 13.7. The summed E-state index contributed by atoms with van der Waals surface area (Å²) in [6.07, 6.45) is -0.284. The molecule has 2 heterocycles. The van der Waals surface area contributed by atoms with Crippen LogP contribution >= 0.6 is 11.8 Å². The minimum absolute atomic E-state index is 0.156. The van der Waals surface area contributed by atoms with Crippen LogP contribution in [0.5, 0.6) is 0 Å². The second-order valence-corrected chi connectivity index (χ2v) is 6.02. The van der Waals surface area contributed by atoms with Gasteiger partial charge in [0.15, 0.2) is 0 Å². The molecule has 2 aliphatic rings. The number of carbonyl (C=O) groups excluding carboxylic acids is 2. The molecule has 2 unspecified atom stereocenters. The van der Waals surface area contributed by atoms with Gasteiger partial charge in [-0.3, -0.25) is 14.4 Å². The Balaban J connectivity index is 1.99. The van der Waals surface area contributed by atoms with Crippen molar-refractivity contribution >= 4 is 29.5 Å². The minimum atomic E-state index is -0.946. The Kier molecular flexibility index (Phi) is 3.41. The summed E-state index contributed by atoms with van der Waals surface area (Å²) in [7, 11) is 0. The molecule has 2 fully saturated rings. The number of carboxylic acid groups (broad SMARTS) is 1. The molecule has 7 nitrogen and oxygen atoms in total. The third-order valence-corrected chi connectivity index (χ3v) is 4.98. The number of hydrogen-bond donors (Lipinski definition) is 2. The molecule has 0 spiro atoms. The zero-order valence-corrected chi connectivity index (χ0v) is 11.1. The second kappa shape index (κ2) is 4.74. The fraction of sp³-hybridized carbons (Fsp3) is 0.636. The number of β-lactam (4-membered cyclic amide) rings is 1. The van der Waals surface area contributed by atoms with Gasteiger partial charge in [-0.2, -0.15) is 5.26 Å². The van der Waals surface area contributed by atoms with Crippen LogP contribution in [-0.2, 0) is 14.4 Å². The number of rotatable bonds is 3. The molecule has 0 radical (unpaired) electrons. The largest absolute Gasteiger partial charge is 0.481 e. The van der Waals surface area contributed by atoms with Crippen molar-refractivity contribution < 1.29 is 19.5 Å². The third kappa shape index (κ3) is 2.26. The van der Waals surface area contributed by atoms with E-state index in [9.17, 15) is 14.4 Å². The van der Waals surface area contributed by atoms with E-state index in [0.717, 1.165) is 0 Å². The van der Waals surface area contributed by atoms with Crippen LogP contribution in [0.2, 0.25) is 0 Å². The van der Waals surface area contributed by atoms with E-state index in [1.807, 2.05) is 0 Å². The second-order valence-electron chi connectivity index (χ2n) is 4.91. The number of fused-ring (bicyclic) bond motifs is 1. The number of carboxylic acids is 1. The van der Waals surface area contributed by atoms with Gasteiger partial charge in [-0.1, -0.05) is 0 Å². The quantitative estimate of drug-likeness (QED) is 0.669. The van der Waals surface area contributed by atoms with E-state index in [-0.39, 0.29) is 24.2 Å². The number of carbonyl (C=O) groups is 3. The van der Waals surface area contributed by atoms with Gasteiger partial charge in [0.1, 0.15) is 17.8 Å². The Morgan fingerprint density at radius 3 is 2.95 bits per heavy atom. The molecule has 19 heavy (non-hydrogen) atoms. The van der Waals surface area contributed by atoms with E-state index >= 15 is 0 Å². The van der Waals surface area contributed by atoms with Crippen LogP contribution < -0.4 is 5.32 Å². The number of nitrogens with one attached hydrogen (secondary N) is 1. The first-order chi connectivity index (χ1) is 8.89. The number of aliphatic carboxylic acids is 1. The number of hydrogen-bond acceptors (Lipinski definition) is 5. The van der Waals surface area contributed by atoms with Gasteiger partial charge in [0, 0.05) is 12.3 Å². The third-order valence-electron chi connectivity index (χ3n) is 3.31. The summed E-state index contributed by atoms with van der Waals surface area (Å²) in [5, 5.41) is 19.8. The fourth-order valence-corrected chi connectivity index (χ4v) is 3.62. The number of thioether (sulfide) groups is 1. The van der Waals surface area contributed by atoms with Gasteiger partial charge < -0.3 is 15.3 Å². The lowest BCUT2D eigenvalue weighted by atomic mass is 9.89. The summed E-state index contributed by atoms with van der Waals surface area (Å²) >= 11 is 1.35. The van der Waals surface area contributed by atoms with Crippen molar-refractivity contribution in [1.29, 1.82) is 5.26 Å². The Labute approximate surface area is 113 Å². The first-order valence-corrected chi connectivity index (χ1v) is 6.76. The zero-order chi connectivity index (χ0) is 14.2. The van der Waals surface area contributed by atoms with Gasteiger partial charge in [0.05, 0.1) is 11.5 Å². The molecule has 0 saturated carbocycles. The van der Waals surface area contributed by atoms with E-state index in [2.05, 4.69) is 5.32 Å². The van der Waals surface area contributed by atoms with Gasteiger partial charge in [0.25, 0.3) is 0 Å².